The van der Waals surface area contributed by atoms with Crippen LogP contribution in [-0.4, -0.2) is 39.1 Å². The Morgan fingerprint density at radius 1 is 1.35 bits per heavy atom. The highest BCUT2D eigenvalue weighted by Crippen LogP contribution is 2.31. The second-order valence-electron chi connectivity index (χ2n) is 6.56. The Hall–Kier alpha value is -1.83. The normalized spacial score (nSPS) is 15.1. The summed E-state index contributed by atoms with van der Waals surface area (Å²) in [5.74, 6) is -0.941. The zero-order valence-corrected chi connectivity index (χ0v) is 16.8. The van der Waals surface area contributed by atoms with E-state index in [2.05, 4.69) is 5.32 Å². The van der Waals surface area contributed by atoms with Crippen LogP contribution in [0.5, 0.6) is 0 Å². The van der Waals surface area contributed by atoms with Gasteiger partial charge in [-0.2, -0.15) is 0 Å². The van der Waals surface area contributed by atoms with E-state index in [0.717, 1.165) is 4.90 Å². The fourth-order valence-electron chi connectivity index (χ4n) is 2.21. The van der Waals surface area contributed by atoms with E-state index in [0.29, 0.717) is 10.7 Å². The lowest BCUT2D eigenvalue weighted by molar-refractivity contribution is -0.126. The number of aliphatic hydroxyl groups is 1. The number of rotatable bonds is 2. The molecule has 1 aromatic carbocycles. The first-order valence-electron chi connectivity index (χ1n) is 7.73. The zero-order valence-electron chi connectivity index (χ0n) is 14.4. The first-order valence-corrected chi connectivity index (χ1v) is 8.90. The monoisotopic (exact) mass is 416 g/mol. The fourth-order valence-corrected chi connectivity index (χ4v) is 2.87. The van der Waals surface area contributed by atoms with Crippen LogP contribution in [0, 0.1) is 0 Å². The van der Waals surface area contributed by atoms with E-state index in [1.807, 2.05) is 0 Å². The number of hydrogen-bond donors (Lipinski definition) is 2. The van der Waals surface area contributed by atoms with E-state index in [1.165, 1.54) is 0 Å². The number of nitrogens with zero attached hydrogens (tertiary/aromatic N) is 1. The van der Waals surface area contributed by atoms with Gasteiger partial charge in [-0.1, -0.05) is 41.5 Å². The van der Waals surface area contributed by atoms with Crippen LogP contribution in [0.2, 0.25) is 10.0 Å². The summed E-state index contributed by atoms with van der Waals surface area (Å²) in [6.07, 6.45) is -0.720. The Balaban J connectivity index is 2.24. The number of halogens is 2. The molecule has 0 spiro atoms. The minimum absolute atomic E-state index is 0.00359. The van der Waals surface area contributed by atoms with Crippen molar-refractivity contribution in [1.82, 2.24) is 4.90 Å². The van der Waals surface area contributed by atoms with Crippen LogP contribution in [0.25, 0.3) is 0 Å². The van der Waals surface area contributed by atoms with Gasteiger partial charge in [-0.05, 0) is 32.9 Å². The van der Waals surface area contributed by atoms with E-state index in [4.69, 9.17) is 40.2 Å². The molecule has 0 bridgehead atoms. The van der Waals surface area contributed by atoms with Crippen LogP contribution in [0.3, 0.4) is 0 Å². The molecule has 1 aliphatic heterocycles. The van der Waals surface area contributed by atoms with Gasteiger partial charge in [0.25, 0.3) is 5.91 Å². The number of nitrogens with one attached hydrogen (secondary N) is 1. The van der Waals surface area contributed by atoms with Gasteiger partial charge in [0.15, 0.2) is 0 Å². The second-order valence-corrected chi connectivity index (χ2v) is 7.76. The predicted octanol–water partition coefficient (Wildman–Crippen LogP) is 4.71. The molecular weight excluding hydrogens is 399 g/mol. The Labute approximate surface area is 166 Å². The molecule has 0 aliphatic carbocycles. The van der Waals surface area contributed by atoms with Crippen LogP contribution in [0.15, 0.2) is 29.5 Å². The van der Waals surface area contributed by atoms with Crippen LogP contribution < -0.4 is 5.32 Å². The molecule has 0 atom stereocenters. The highest BCUT2D eigenvalue weighted by atomic mass is 35.5. The van der Waals surface area contributed by atoms with E-state index < -0.39 is 17.6 Å². The average Bonchev–Trinajstić information content (AvgIpc) is 2.50. The molecule has 1 heterocycles. The SMILES string of the molecule is CC(C)(C)OC(=O)N1CCC(O)=C(C(=S)Nc2cccc(Cl)c2Cl)C1=O. The number of benzene rings is 1. The van der Waals surface area contributed by atoms with Gasteiger partial charge in [0.05, 0.1) is 15.7 Å². The maximum Gasteiger partial charge on any atom is 0.417 e. The lowest BCUT2D eigenvalue weighted by Gasteiger charge is -2.29. The first kappa shape index (κ1) is 20.5. The lowest BCUT2D eigenvalue weighted by atomic mass is 10.1. The number of anilines is 1. The van der Waals surface area contributed by atoms with Gasteiger partial charge in [0.2, 0.25) is 0 Å². The van der Waals surface area contributed by atoms with Crippen molar-refractivity contribution < 1.29 is 19.4 Å². The van der Waals surface area contributed by atoms with Crippen LogP contribution >= 0.6 is 35.4 Å². The quantitative estimate of drug-likeness (QED) is 0.679. The molecule has 0 saturated heterocycles. The molecule has 0 saturated carbocycles. The molecule has 6 nitrogen and oxygen atoms in total. The third-order valence-electron chi connectivity index (χ3n) is 3.36. The van der Waals surface area contributed by atoms with Gasteiger partial charge in [-0.25, -0.2) is 9.69 Å². The van der Waals surface area contributed by atoms with E-state index in [1.54, 1.807) is 39.0 Å². The maximum absolute atomic E-state index is 12.7. The molecule has 2 rings (SSSR count). The van der Waals surface area contributed by atoms with Crippen LogP contribution in [0.4, 0.5) is 10.5 Å². The molecule has 0 fully saturated rings. The molecule has 2 amide bonds. The number of thiocarbonyl (C=S) groups is 1. The summed E-state index contributed by atoms with van der Waals surface area (Å²) < 4.78 is 5.22. The predicted molar refractivity (Wildman–Crippen MR) is 105 cm³/mol. The number of carbonyl (C=O) groups is 2. The van der Waals surface area contributed by atoms with Crippen molar-refractivity contribution in [2.24, 2.45) is 0 Å². The molecule has 1 aliphatic rings. The van der Waals surface area contributed by atoms with Crippen LogP contribution in [0.1, 0.15) is 27.2 Å². The molecule has 140 valence electrons. The molecule has 26 heavy (non-hydrogen) atoms. The average molecular weight is 417 g/mol. The molecular formula is C17H18Cl2N2O4S. The standard InChI is InChI=1S/C17H18Cl2N2O4S/c1-17(2,3)25-16(24)21-8-7-11(22)12(15(21)23)14(26)20-10-6-4-5-9(18)13(10)19/h4-6,22H,7-8H2,1-3H3,(H,20,26). The highest BCUT2D eigenvalue weighted by molar-refractivity contribution is 7.81. The summed E-state index contributed by atoms with van der Waals surface area (Å²) >= 11 is 17.3. The van der Waals surface area contributed by atoms with Crippen molar-refractivity contribution >= 4 is 58.1 Å². The molecule has 9 heteroatoms. The van der Waals surface area contributed by atoms with Gasteiger partial charge < -0.3 is 15.2 Å². The van der Waals surface area contributed by atoms with Gasteiger partial charge in [0.1, 0.15) is 21.9 Å². The Bertz CT molecular complexity index is 802. The van der Waals surface area contributed by atoms with Crippen molar-refractivity contribution in [2.75, 3.05) is 11.9 Å². The van der Waals surface area contributed by atoms with Gasteiger partial charge >= 0.3 is 6.09 Å². The number of aliphatic hydroxyl groups excluding tert-OH is 1. The first-order chi connectivity index (χ1) is 12.0. The van der Waals surface area contributed by atoms with Crippen molar-refractivity contribution in [1.29, 1.82) is 0 Å². The number of carbonyl (C=O) groups excluding carboxylic acids is 2. The van der Waals surface area contributed by atoms with Gasteiger partial charge in [0, 0.05) is 13.0 Å². The number of imide groups is 1. The summed E-state index contributed by atoms with van der Waals surface area (Å²) in [6.45, 7) is 5.09. The topological polar surface area (TPSA) is 78.9 Å². The van der Waals surface area contributed by atoms with Crippen molar-refractivity contribution in [2.45, 2.75) is 32.8 Å². The Kier molecular flexibility index (Phi) is 6.16. The zero-order chi connectivity index (χ0) is 19.6. The molecule has 0 radical (unpaired) electrons. The minimum Gasteiger partial charge on any atom is -0.511 e. The fraction of sp³-hybridized carbons (Fsp3) is 0.353. The summed E-state index contributed by atoms with van der Waals surface area (Å²) in [4.78, 5) is 25.7. The summed E-state index contributed by atoms with van der Waals surface area (Å²) in [5.41, 5.74) is -0.548. The second kappa shape index (κ2) is 7.82. The molecule has 0 aromatic heterocycles. The summed E-state index contributed by atoms with van der Waals surface area (Å²) in [6, 6.07) is 4.88. The Morgan fingerprint density at radius 3 is 2.62 bits per heavy atom. The van der Waals surface area contributed by atoms with Crippen molar-refractivity contribution in [3.63, 3.8) is 0 Å². The van der Waals surface area contributed by atoms with Crippen molar-refractivity contribution in [3.8, 4) is 0 Å². The maximum atomic E-state index is 12.7. The van der Waals surface area contributed by atoms with E-state index >= 15 is 0 Å². The molecule has 0 unspecified atom stereocenters. The largest absolute Gasteiger partial charge is 0.511 e. The highest BCUT2D eigenvalue weighted by Gasteiger charge is 2.36. The van der Waals surface area contributed by atoms with Gasteiger partial charge in [-0.15, -0.1) is 0 Å². The molecule has 2 N–H and O–H groups in total. The van der Waals surface area contributed by atoms with Crippen LogP contribution in [-0.2, 0) is 9.53 Å². The minimum atomic E-state index is -0.795. The third-order valence-corrected chi connectivity index (χ3v) is 4.49. The lowest BCUT2D eigenvalue weighted by Crippen LogP contribution is -2.46. The Morgan fingerprint density at radius 2 is 2.00 bits per heavy atom. The smallest absolute Gasteiger partial charge is 0.417 e. The van der Waals surface area contributed by atoms with Gasteiger partial charge in [-0.3, -0.25) is 4.79 Å². The number of ether oxygens (including phenoxy) is 1. The van der Waals surface area contributed by atoms with Crippen molar-refractivity contribution in [3.05, 3.63) is 39.6 Å². The van der Waals surface area contributed by atoms with E-state index in [9.17, 15) is 14.7 Å². The third kappa shape index (κ3) is 4.66. The number of amides is 2. The summed E-state index contributed by atoms with van der Waals surface area (Å²) in [5, 5.41) is 13.5. The van der Waals surface area contributed by atoms with E-state index in [-0.39, 0.29) is 34.3 Å². The summed E-state index contributed by atoms with van der Waals surface area (Å²) in [7, 11) is 0. The molecule has 1 aromatic rings. The number of hydrogen-bond acceptors (Lipinski definition) is 5.